The Hall–Kier alpha value is -4.02. The zero-order chi connectivity index (χ0) is 32.6. The molecule has 11 heteroatoms. The van der Waals surface area contributed by atoms with Crippen molar-refractivity contribution in [1.29, 1.82) is 0 Å². The van der Waals surface area contributed by atoms with Crippen molar-refractivity contribution in [2.24, 2.45) is 5.92 Å². The van der Waals surface area contributed by atoms with Crippen molar-refractivity contribution in [2.45, 2.75) is 57.5 Å². The number of halogens is 10. The van der Waals surface area contributed by atoms with Crippen molar-refractivity contribution in [1.82, 2.24) is 0 Å². The first-order valence-electron chi connectivity index (χ1n) is 14.3. The Bertz CT molecular complexity index is 1660. The second kappa shape index (κ2) is 12.8. The van der Waals surface area contributed by atoms with E-state index in [0.29, 0.717) is 5.92 Å². The molecule has 4 aromatic rings. The van der Waals surface area contributed by atoms with E-state index in [2.05, 4.69) is 11.7 Å². The maximum absolute atomic E-state index is 15.2. The van der Waals surface area contributed by atoms with Crippen molar-refractivity contribution in [2.75, 3.05) is 0 Å². The lowest BCUT2D eigenvalue weighted by Gasteiger charge is -2.28. The van der Waals surface area contributed by atoms with Gasteiger partial charge in [0.1, 0.15) is 40.4 Å². The first kappa shape index (κ1) is 32.4. The number of hydrogen-bond donors (Lipinski definition) is 0. The largest absolute Gasteiger partial charge is 0.432 e. The van der Waals surface area contributed by atoms with Gasteiger partial charge in [0.05, 0.1) is 5.56 Å². The summed E-state index contributed by atoms with van der Waals surface area (Å²) in [5.74, 6) is -13.7. The summed E-state index contributed by atoms with van der Waals surface area (Å²) in [6.07, 6.45) is 1.28. The predicted octanol–water partition coefficient (Wildman–Crippen LogP) is 11.3. The van der Waals surface area contributed by atoms with Crippen LogP contribution in [0.1, 0.15) is 62.5 Å². The molecule has 0 unspecified atom stereocenters. The molecule has 0 bridgehead atoms. The Morgan fingerprint density at radius 1 is 0.644 bits per heavy atom. The van der Waals surface area contributed by atoms with Crippen LogP contribution in [0.5, 0.6) is 5.75 Å². The van der Waals surface area contributed by atoms with Crippen molar-refractivity contribution in [3.63, 3.8) is 0 Å². The molecule has 0 spiro atoms. The van der Waals surface area contributed by atoms with E-state index in [-0.39, 0.29) is 41.3 Å². The quantitative estimate of drug-likeness (QED) is 0.138. The van der Waals surface area contributed by atoms with Gasteiger partial charge in [0.2, 0.25) is 0 Å². The van der Waals surface area contributed by atoms with Gasteiger partial charge in [-0.05, 0) is 84.5 Å². The molecule has 1 saturated carbocycles. The number of ether oxygens (including phenoxy) is 1. The van der Waals surface area contributed by atoms with Gasteiger partial charge in [0, 0.05) is 17.7 Å². The summed E-state index contributed by atoms with van der Waals surface area (Å²) in [5.41, 5.74) is -3.34. The minimum Gasteiger partial charge on any atom is -0.429 e. The fourth-order valence-corrected chi connectivity index (χ4v) is 6.00. The van der Waals surface area contributed by atoms with E-state index < -0.39 is 75.1 Å². The van der Waals surface area contributed by atoms with Gasteiger partial charge in [0.25, 0.3) is 0 Å². The highest BCUT2D eigenvalue weighted by molar-refractivity contribution is 5.72. The topological polar surface area (TPSA) is 9.23 Å². The normalized spacial score (nSPS) is 17.0. The molecule has 0 atom stereocenters. The Morgan fingerprint density at radius 3 is 1.73 bits per heavy atom. The van der Waals surface area contributed by atoms with E-state index in [4.69, 9.17) is 0 Å². The molecular weight excluding hydrogens is 614 g/mol. The van der Waals surface area contributed by atoms with Crippen LogP contribution in [0.3, 0.4) is 0 Å². The lowest BCUT2D eigenvalue weighted by Crippen LogP contribution is -2.25. The third-order valence-electron chi connectivity index (χ3n) is 8.19. The van der Waals surface area contributed by atoms with Crippen LogP contribution < -0.4 is 4.74 Å². The number of hydrogen-bond acceptors (Lipinski definition) is 1. The standard InChI is InChI=1S/C34H26F10O/c1-2-3-17-4-6-18(7-5-17)19-8-9-23(24(35)10-19)20-11-25(36)31(26(37)12-20)21-13-27(38)32(28(39)14-21)34(43,44)45-22-15-29(40)33(42)30(41)16-22/h8-18H,2-7H2,1H3. The van der Waals surface area contributed by atoms with Gasteiger partial charge in [-0.25, -0.2) is 35.1 Å². The van der Waals surface area contributed by atoms with Crippen LogP contribution in [-0.4, -0.2) is 0 Å². The molecule has 5 rings (SSSR count). The van der Waals surface area contributed by atoms with Crippen molar-refractivity contribution in [3.05, 3.63) is 112 Å². The first-order valence-corrected chi connectivity index (χ1v) is 14.3. The predicted molar refractivity (Wildman–Crippen MR) is 148 cm³/mol. The van der Waals surface area contributed by atoms with Crippen LogP contribution in [0, 0.1) is 52.5 Å². The fourth-order valence-electron chi connectivity index (χ4n) is 6.00. The van der Waals surface area contributed by atoms with Crippen molar-refractivity contribution >= 4 is 0 Å². The molecule has 1 nitrogen and oxygen atoms in total. The summed E-state index contributed by atoms with van der Waals surface area (Å²) in [6, 6.07) is 6.47. The molecule has 45 heavy (non-hydrogen) atoms. The zero-order valence-corrected chi connectivity index (χ0v) is 23.8. The lowest BCUT2D eigenvalue weighted by atomic mass is 9.77. The van der Waals surface area contributed by atoms with Crippen LogP contribution in [0.15, 0.2) is 54.6 Å². The monoisotopic (exact) mass is 640 g/mol. The summed E-state index contributed by atoms with van der Waals surface area (Å²) >= 11 is 0. The fraction of sp³-hybridized carbons (Fsp3) is 0.294. The zero-order valence-electron chi connectivity index (χ0n) is 23.8. The average Bonchev–Trinajstić information content (AvgIpc) is 2.95. The molecule has 0 amide bonds. The Balaban J connectivity index is 1.40. The van der Waals surface area contributed by atoms with Crippen LogP contribution >= 0.6 is 0 Å². The number of alkyl halides is 2. The van der Waals surface area contributed by atoms with Gasteiger partial charge in [-0.15, -0.1) is 0 Å². The Kier molecular flexibility index (Phi) is 9.19. The van der Waals surface area contributed by atoms with Crippen LogP contribution in [0.4, 0.5) is 43.9 Å². The highest BCUT2D eigenvalue weighted by Gasteiger charge is 2.42. The van der Waals surface area contributed by atoms with Crippen molar-refractivity contribution < 1.29 is 48.6 Å². The summed E-state index contributed by atoms with van der Waals surface area (Å²) in [7, 11) is 0. The molecule has 0 aliphatic heterocycles. The summed E-state index contributed by atoms with van der Waals surface area (Å²) in [4.78, 5) is 0. The molecule has 1 fully saturated rings. The van der Waals surface area contributed by atoms with Crippen LogP contribution in [0.2, 0.25) is 0 Å². The molecule has 0 N–H and O–H groups in total. The second-order valence-corrected chi connectivity index (χ2v) is 11.2. The number of rotatable bonds is 8. The molecule has 0 aromatic heterocycles. The summed E-state index contributed by atoms with van der Waals surface area (Å²) < 4.78 is 149. The van der Waals surface area contributed by atoms with E-state index in [9.17, 15) is 30.7 Å². The summed E-state index contributed by atoms with van der Waals surface area (Å²) in [5, 5.41) is 0. The van der Waals surface area contributed by atoms with Crippen LogP contribution in [0.25, 0.3) is 22.3 Å². The van der Waals surface area contributed by atoms with E-state index >= 15 is 13.2 Å². The van der Waals surface area contributed by atoms with Gasteiger partial charge in [-0.1, -0.05) is 31.9 Å². The number of benzene rings is 4. The van der Waals surface area contributed by atoms with E-state index in [1.165, 1.54) is 12.1 Å². The van der Waals surface area contributed by atoms with Crippen LogP contribution in [-0.2, 0) is 6.11 Å². The molecule has 1 aliphatic rings. The third kappa shape index (κ3) is 6.67. The summed E-state index contributed by atoms with van der Waals surface area (Å²) in [6.45, 7) is 2.14. The average molecular weight is 641 g/mol. The molecule has 238 valence electrons. The lowest BCUT2D eigenvalue weighted by molar-refractivity contribution is -0.189. The van der Waals surface area contributed by atoms with E-state index in [1.807, 2.05) is 0 Å². The SMILES string of the molecule is CCCC1CCC(c2ccc(-c3cc(F)c(-c4cc(F)c(C(F)(F)Oc5cc(F)c(F)c(F)c5)c(F)c4)c(F)c3)c(F)c2)CC1. The molecule has 0 saturated heterocycles. The highest BCUT2D eigenvalue weighted by atomic mass is 19.3. The molecule has 1 aliphatic carbocycles. The minimum absolute atomic E-state index is 0.0395. The van der Waals surface area contributed by atoms with Gasteiger partial charge in [-0.3, -0.25) is 0 Å². The highest BCUT2D eigenvalue weighted by Crippen LogP contribution is 2.41. The van der Waals surface area contributed by atoms with E-state index in [0.717, 1.165) is 56.2 Å². The van der Waals surface area contributed by atoms with Gasteiger partial charge >= 0.3 is 6.11 Å². The minimum atomic E-state index is -4.89. The smallest absolute Gasteiger partial charge is 0.429 e. The first-order chi connectivity index (χ1) is 21.3. The maximum atomic E-state index is 15.2. The third-order valence-corrected chi connectivity index (χ3v) is 8.19. The van der Waals surface area contributed by atoms with Crippen molar-refractivity contribution in [3.8, 4) is 28.0 Å². The maximum Gasteiger partial charge on any atom is 0.432 e. The van der Waals surface area contributed by atoms with Gasteiger partial charge in [0.15, 0.2) is 17.5 Å². The Morgan fingerprint density at radius 2 is 1.20 bits per heavy atom. The molecule has 0 heterocycles. The molecule has 0 radical (unpaired) electrons. The van der Waals surface area contributed by atoms with E-state index in [1.54, 1.807) is 6.07 Å². The van der Waals surface area contributed by atoms with Gasteiger partial charge < -0.3 is 4.74 Å². The second-order valence-electron chi connectivity index (χ2n) is 11.2. The van der Waals surface area contributed by atoms with Gasteiger partial charge in [-0.2, -0.15) is 8.78 Å². The molecular formula is C34H26F10O. The molecule has 4 aromatic carbocycles. The Labute approximate surface area is 252 Å².